The summed E-state index contributed by atoms with van der Waals surface area (Å²) >= 11 is 5.23. The zero-order valence-corrected chi connectivity index (χ0v) is 21.5. The molecule has 0 amide bonds. The molecule has 1 atom stereocenters. The molecule has 0 aliphatic heterocycles. The van der Waals surface area contributed by atoms with Gasteiger partial charge in [0.15, 0.2) is 5.60 Å². The number of rotatable bonds is 12. The minimum absolute atomic E-state index is 0.194. The number of carbonyl (C=O) groups excluding carboxylic acids is 1. The summed E-state index contributed by atoms with van der Waals surface area (Å²) in [7, 11) is 0. The van der Waals surface area contributed by atoms with Gasteiger partial charge in [-0.2, -0.15) is 18.3 Å². The van der Waals surface area contributed by atoms with Crippen molar-refractivity contribution in [2.45, 2.75) is 64.8 Å². The van der Waals surface area contributed by atoms with Crippen molar-refractivity contribution in [3.05, 3.63) is 59.7 Å². The first-order valence-electron chi connectivity index (χ1n) is 11.6. The number of hydrazone groups is 1. The van der Waals surface area contributed by atoms with Gasteiger partial charge in [0.1, 0.15) is 22.6 Å². The van der Waals surface area contributed by atoms with Gasteiger partial charge in [-0.15, -0.1) is 0 Å². The van der Waals surface area contributed by atoms with E-state index in [9.17, 15) is 18.0 Å². The molecular formula is C26H31F3N2O4S. The lowest BCUT2D eigenvalue weighted by molar-refractivity contribution is -0.158. The number of alkyl halides is 3. The second-order valence-electron chi connectivity index (χ2n) is 8.40. The summed E-state index contributed by atoms with van der Waals surface area (Å²) in [4.78, 5) is 12.2. The Morgan fingerprint density at radius 2 is 1.67 bits per heavy atom. The average Bonchev–Trinajstić information content (AvgIpc) is 2.83. The first-order chi connectivity index (χ1) is 17.0. The molecule has 0 bridgehead atoms. The second-order valence-corrected chi connectivity index (χ2v) is 8.81. The van der Waals surface area contributed by atoms with Gasteiger partial charge in [0, 0.05) is 5.56 Å². The Kier molecular flexibility index (Phi) is 10.7. The third kappa shape index (κ3) is 9.14. The smallest absolute Gasteiger partial charge is 0.416 e. The van der Waals surface area contributed by atoms with Crippen molar-refractivity contribution in [2.75, 3.05) is 6.61 Å². The predicted octanol–water partition coefficient (Wildman–Crippen LogP) is 6.31. The molecule has 0 saturated heterocycles. The maximum absolute atomic E-state index is 12.7. The number of hydrogen-bond acceptors (Lipinski definition) is 6. The molecule has 196 valence electrons. The van der Waals surface area contributed by atoms with Gasteiger partial charge in [-0.1, -0.05) is 37.7 Å². The van der Waals surface area contributed by atoms with Crippen molar-refractivity contribution in [3.8, 4) is 11.5 Å². The fourth-order valence-corrected chi connectivity index (χ4v) is 3.21. The number of unbranched alkanes of at least 4 members (excludes halogenated alkanes) is 1. The number of thiocarbonyl (C=S) groups is 1. The quantitative estimate of drug-likeness (QED) is 0.152. The molecule has 2 aromatic rings. The van der Waals surface area contributed by atoms with Gasteiger partial charge in [0.2, 0.25) is 0 Å². The molecule has 1 unspecified atom stereocenters. The van der Waals surface area contributed by atoms with E-state index in [4.69, 9.17) is 26.4 Å². The van der Waals surface area contributed by atoms with Gasteiger partial charge in [0.05, 0.1) is 18.4 Å². The number of nitrogens with zero attached hydrogens (tertiary/aromatic N) is 1. The lowest BCUT2D eigenvalue weighted by atomic mass is 10.1. The van der Waals surface area contributed by atoms with E-state index in [1.165, 1.54) is 12.1 Å². The molecule has 0 aliphatic carbocycles. The van der Waals surface area contributed by atoms with E-state index in [-0.39, 0.29) is 17.7 Å². The summed E-state index contributed by atoms with van der Waals surface area (Å²) in [6.45, 7) is 7.33. The summed E-state index contributed by atoms with van der Waals surface area (Å²) in [5.41, 5.74) is 1.22. The molecule has 0 saturated carbocycles. The van der Waals surface area contributed by atoms with Crippen molar-refractivity contribution in [2.24, 2.45) is 5.10 Å². The normalized spacial score (nSPS) is 12.8. The van der Waals surface area contributed by atoms with E-state index >= 15 is 0 Å². The summed E-state index contributed by atoms with van der Waals surface area (Å²) < 4.78 is 55.0. The third-order valence-corrected chi connectivity index (χ3v) is 5.30. The minimum Gasteiger partial charge on any atom is -0.485 e. The Morgan fingerprint density at radius 3 is 2.22 bits per heavy atom. The van der Waals surface area contributed by atoms with Crippen molar-refractivity contribution >= 4 is 29.4 Å². The van der Waals surface area contributed by atoms with Crippen LogP contribution in [0.1, 0.15) is 58.1 Å². The van der Waals surface area contributed by atoms with E-state index < -0.39 is 23.3 Å². The second kappa shape index (κ2) is 13.2. The molecule has 0 heterocycles. The highest BCUT2D eigenvalue weighted by molar-refractivity contribution is 7.80. The molecule has 0 aromatic heterocycles. The van der Waals surface area contributed by atoms with E-state index in [1.54, 1.807) is 51.3 Å². The first kappa shape index (κ1) is 29.1. The van der Waals surface area contributed by atoms with Crippen LogP contribution in [0.4, 0.5) is 13.2 Å². The topological polar surface area (TPSA) is 69.2 Å². The molecule has 0 fully saturated rings. The van der Waals surface area contributed by atoms with Crippen LogP contribution in [0.2, 0.25) is 0 Å². The zero-order valence-electron chi connectivity index (χ0n) is 20.7. The summed E-state index contributed by atoms with van der Waals surface area (Å²) in [6.07, 6.45) is -0.647. The molecule has 36 heavy (non-hydrogen) atoms. The summed E-state index contributed by atoms with van der Waals surface area (Å²) in [5, 5.41) is 4.13. The highest BCUT2D eigenvalue weighted by Gasteiger charge is 2.32. The number of carbonyl (C=O) groups is 1. The highest BCUT2D eigenvalue weighted by Crippen LogP contribution is 2.29. The monoisotopic (exact) mass is 524 g/mol. The van der Waals surface area contributed by atoms with Crippen LogP contribution in [-0.4, -0.2) is 35.5 Å². The van der Waals surface area contributed by atoms with E-state index in [1.807, 2.05) is 0 Å². The number of hydrogen-bond donors (Lipinski definition) is 1. The highest BCUT2D eigenvalue weighted by atomic mass is 32.1. The van der Waals surface area contributed by atoms with Crippen LogP contribution in [0, 0.1) is 0 Å². The molecule has 2 rings (SSSR count). The molecule has 10 heteroatoms. The number of ether oxygens (including phenoxy) is 3. The maximum atomic E-state index is 12.7. The largest absolute Gasteiger partial charge is 0.485 e. The lowest BCUT2D eigenvalue weighted by Crippen LogP contribution is -2.39. The molecule has 2 aromatic carbocycles. The number of benzene rings is 2. The Bertz CT molecular complexity index is 1020. The molecule has 0 radical (unpaired) electrons. The van der Waals surface area contributed by atoms with Gasteiger partial charge >= 0.3 is 12.1 Å². The van der Waals surface area contributed by atoms with Crippen LogP contribution in [0.25, 0.3) is 0 Å². The number of halogens is 3. The Morgan fingerprint density at radius 1 is 1.06 bits per heavy atom. The van der Waals surface area contributed by atoms with Gasteiger partial charge < -0.3 is 14.2 Å². The molecule has 1 N–H and O–H groups in total. The Balaban J connectivity index is 1.99. The minimum atomic E-state index is -4.41. The number of nitrogens with one attached hydrogen (secondary N) is 1. The van der Waals surface area contributed by atoms with E-state index in [0.29, 0.717) is 23.5 Å². The first-order valence-corrected chi connectivity index (χ1v) is 12.0. The van der Waals surface area contributed by atoms with Crippen molar-refractivity contribution in [3.63, 3.8) is 0 Å². The molecule has 0 aliphatic rings. The maximum Gasteiger partial charge on any atom is 0.416 e. The third-order valence-electron chi connectivity index (χ3n) is 4.97. The van der Waals surface area contributed by atoms with Crippen LogP contribution >= 0.6 is 12.2 Å². The zero-order chi connectivity index (χ0) is 26.8. The predicted molar refractivity (Wildman–Crippen MR) is 136 cm³/mol. The van der Waals surface area contributed by atoms with Crippen LogP contribution < -0.4 is 14.9 Å². The summed E-state index contributed by atoms with van der Waals surface area (Å²) in [6, 6.07) is 11.4. The Hall–Kier alpha value is -3.14. The molecular weight excluding hydrogens is 493 g/mol. The van der Waals surface area contributed by atoms with Crippen LogP contribution in [0.5, 0.6) is 11.5 Å². The summed E-state index contributed by atoms with van der Waals surface area (Å²) in [5.74, 6) is 0.611. The average molecular weight is 525 g/mol. The van der Waals surface area contributed by atoms with Crippen LogP contribution in [0.3, 0.4) is 0 Å². The van der Waals surface area contributed by atoms with Gasteiger partial charge in [0.25, 0.3) is 0 Å². The van der Waals surface area contributed by atoms with Crippen molar-refractivity contribution in [1.29, 1.82) is 0 Å². The molecule has 0 spiro atoms. The Labute approximate surface area is 214 Å². The van der Waals surface area contributed by atoms with Crippen LogP contribution in [0.15, 0.2) is 53.6 Å². The lowest BCUT2D eigenvalue weighted by Gasteiger charge is -2.24. The van der Waals surface area contributed by atoms with E-state index in [0.717, 1.165) is 25.0 Å². The van der Waals surface area contributed by atoms with Gasteiger partial charge in [-0.25, -0.2) is 4.79 Å². The van der Waals surface area contributed by atoms with Crippen molar-refractivity contribution in [1.82, 2.24) is 5.43 Å². The fraction of sp³-hybridized carbons (Fsp3) is 0.423. The number of esters is 1. The van der Waals surface area contributed by atoms with Gasteiger partial charge in [-0.3, -0.25) is 5.43 Å². The SMILES string of the molecule is CCCCC(/C=N/NC(=S)c1ccc(C(F)(F)F)cc1)Oc1ccc(OC(C)(C)C(=O)OCC)cc1. The van der Waals surface area contributed by atoms with E-state index in [2.05, 4.69) is 17.5 Å². The standard InChI is InChI=1S/C26H31F3N2O4S/c1-5-7-8-22(17-30-31-23(36)18-9-11-19(12-10-18)26(27,28)29)34-20-13-15-21(16-14-20)35-25(3,4)24(32)33-6-2/h9-17,22H,5-8H2,1-4H3,(H,31,36)/b30-17+. The van der Waals surface area contributed by atoms with Gasteiger partial charge in [-0.05, 0) is 70.0 Å². The fourth-order valence-electron chi connectivity index (χ4n) is 3.03. The van der Waals surface area contributed by atoms with Crippen LogP contribution in [-0.2, 0) is 15.7 Å². The van der Waals surface area contributed by atoms with Crippen molar-refractivity contribution < 1.29 is 32.2 Å². The molecule has 6 nitrogen and oxygen atoms in total.